The van der Waals surface area contributed by atoms with E-state index in [1.54, 1.807) is 50.2 Å². The molecule has 0 radical (unpaired) electrons. The molecular formula is C34H24N6Na4O14S4. The normalized spacial score (nSPS) is 14.7. The number of Topliss-reactive ketones (excluding diaryl/α,β-unsaturated/α-hetero) is 2. The van der Waals surface area contributed by atoms with Crippen LogP contribution in [-0.2, 0) is 40.5 Å². The van der Waals surface area contributed by atoms with Gasteiger partial charge in [-0.1, -0.05) is 24.3 Å². The number of aryl methyl sites for hydroxylation is 2. The summed E-state index contributed by atoms with van der Waals surface area (Å²) in [5.41, 5.74) is 15.6. The Morgan fingerprint density at radius 2 is 0.790 bits per heavy atom. The van der Waals surface area contributed by atoms with Crippen molar-refractivity contribution in [1.82, 2.24) is 0 Å². The standard InChI is InChI=1S/C34H28N6O14S4.4Na/c1-15-11-17(3-7-21(15)37-39-23-9-5-19-25(55(43,44)45)13-27(57(49,50)51)31(35)29(19)33(23)41)18-4-8-22(16(2)12-18)38-40-24-10-6-20-26(56(46,47)48)14-28(58(52,53)54)32(36)30(20)34(24)42;;;;/h3-14,37-38H,35-36H2,1-2H3,(H,43,44,45)(H,46,47,48)(H,49,50,51)(H,52,53,54);;;;/q;4*+1/p-4/b39-23-,40-24?;;;;. The summed E-state index contributed by atoms with van der Waals surface area (Å²) < 4.78 is 142. The Labute approximate surface area is 443 Å². The molecule has 4 aromatic carbocycles. The fourth-order valence-corrected chi connectivity index (χ4v) is 8.89. The van der Waals surface area contributed by atoms with Crippen LogP contribution >= 0.6 is 0 Å². The zero-order valence-electron chi connectivity index (χ0n) is 33.3. The molecule has 0 spiro atoms. The SMILES string of the molecule is Cc1cc(-c2ccc(N/N=C3/C=Cc4c(S(=O)(=O)[O-])cc(S(=O)(=O)[O-])c(N)c4C3=O)c(C)c2)ccc1NN=C1C=Cc2c(S(=O)(=O)[O-])cc(S(=O)(=O)[O-])c(N)c2C1=O.[Na+].[Na+].[Na+].[Na+]. The van der Waals surface area contributed by atoms with Crippen molar-refractivity contribution >= 4 is 98.4 Å². The molecule has 0 aromatic heterocycles. The minimum absolute atomic E-state index is 0. The van der Waals surface area contributed by atoms with Crippen LogP contribution in [0.1, 0.15) is 43.0 Å². The number of nitrogens with zero attached hydrogens (tertiary/aromatic N) is 2. The summed E-state index contributed by atoms with van der Waals surface area (Å²) in [6.07, 6.45) is 4.21. The summed E-state index contributed by atoms with van der Waals surface area (Å²) in [5.74, 6) is -2.13. The first kappa shape index (κ1) is 56.0. The minimum atomic E-state index is -5.40. The van der Waals surface area contributed by atoms with Crippen molar-refractivity contribution in [2.75, 3.05) is 22.3 Å². The van der Waals surface area contributed by atoms with Crippen LogP contribution < -0.4 is 141 Å². The average Bonchev–Trinajstić information content (AvgIpc) is 3.09. The first-order valence-electron chi connectivity index (χ1n) is 15.9. The number of ketones is 2. The Kier molecular flexibility index (Phi) is 18.6. The van der Waals surface area contributed by atoms with Crippen LogP contribution in [0.15, 0.2) is 90.5 Å². The number of nitrogens with one attached hydrogen (secondary N) is 2. The third-order valence-electron chi connectivity index (χ3n) is 8.86. The van der Waals surface area contributed by atoms with E-state index in [9.17, 15) is 61.5 Å². The van der Waals surface area contributed by atoms with Crippen molar-refractivity contribution in [2.45, 2.75) is 33.4 Å². The summed E-state index contributed by atoms with van der Waals surface area (Å²) in [5, 5.41) is 8.08. The number of hydrogen-bond acceptors (Lipinski definition) is 20. The maximum absolute atomic E-state index is 13.3. The van der Waals surface area contributed by atoms with Gasteiger partial charge in [-0.05, 0) is 84.7 Å². The first-order chi connectivity index (χ1) is 26.8. The molecule has 2 aliphatic rings. The number of carbonyl (C=O) groups excluding carboxylic acids is 2. The minimum Gasteiger partial charge on any atom is -0.744 e. The van der Waals surface area contributed by atoms with E-state index in [1.165, 1.54) is 0 Å². The third-order valence-corrected chi connectivity index (χ3v) is 12.4. The molecule has 0 saturated carbocycles. The molecule has 6 rings (SSSR count). The van der Waals surface area contributed by atoms with E-state index in [0.717, 1.165) is 24.3 Å². The molecule has 0 saturated heterocycles. The van der Waals surface area contributed by atoms with Crippen molar-refractivity contribution < 1.29 is 180 Å². The summed E-state index contributed by atoms with van der Waals surface area (Å²) in [4.78, 5) is 21.9. The molecule has 4 aromatic rings. The number of hydrazone groups is 2. The van der Waals surface area contributed by atoms with E-state index in [2.05, 4.69) is 21.1 Å². The molecule has 0 amide bonds. The van der Waals surface area contributed by atoms with Gasteiger partial charge in [0.25, 0.3) is 0 Å². The number of rotatable bonds is 9. The maximum Gasteiger partial charge on any atom is 1.00 e. The molecule has 0 fully saturated rings. The van der Waals surface area contributed by atoms with Gasteiger partial charge in [0.2, 0.25) is 11.6 Å². The largest absolute Gasteiger partial charge is 1.00 e. The second kappa shape index (κ2) is 20.6. The summed E-state index contributed by atoms with van der Waals surface area (Å²) in [7, 11) is -21.5. The predicted octanol–water partition coefficient (Wildman–Crippen LogP) is -9.88. The van der Waals surface area contributed by atoms with E-state index in [-0.39, 0.29) is 130 Å². The van der Waals surface area contributed by atoms with Gasteiger partial charge in [-0.3, -0.25) is 20.4 Å². The molecule has 20 nitrogen and oxygen atoms in total. The molecule has 0 aliphatic heterocycles. The maximum atomic E-state index is 13.3. The Morgan fingerprint density at radius 3 is 1.06 bits per heavy atom. The molecule has 0 heterocycles. The molecule has 302 valence electrons. The van der Waals surface area contributed by atoms with E-state index in [0.29, 0.717) is 45.8 Å². The second-order valence-electron chi connectivity index (χ2n) is 12.6. The molecule has 62 heavy (non-hydrogen) atoms. The van der Waals surface area contributed by atoms with Gasteiger partial charge in [0.1, 0.15) is 51.9 Å². The number of anilines is 4. The Hall–Kier alpha value is -2.12. The zero-order chi connectivity index (χ0) is 42.9. The number of carbonyl (C=O) groups is 2. The molecule has 28 heteroatoms. The molecule has 0 atom stereocenters. The molecule has 2 aliphatic carbocycles. The van der Waals surface area contributed by atoms with Gasteiger partial charge >= 0.3 is 118 Å². The van der Waals surface area contributed by atoms with Gasteiger partial charge in [0.05, 0.1) is 53.5 Å². The van der Waals surface area contributed by atoms with Crippen LogP contribution in [0.2, 0.25) is 0 Å². The van der Waals surface area contributed by atoms with Crippen LogP contribution in [0.25, 0.3) is 23.3 Å². The molecular weight excluding hydrogens is 937 g/mol. The molecule has 0 bridgehead atoms. The van der Waals surface area contributed by atoms with Crippen molar-refractivity contribution in [2.24, 2.45) is 10.2 Å². The van der Waals surface area contributed by atoms with Gasteiger partial charge in [-0.2, -0.15) is 10.2 Å². The monoisotopic (exact) mass is 960 g/mol. The summed E-state index contributed by atoms with van der Waals surface area (Å²) in [6, 6.07) is 10.8. The fraction of sp³-hybridized carbons (Fsp3) is 0.0588. The predicted molar refractivity (Wildman–Crippen MR) is 204 cm³/mol. The van der Waals surface area contributed by atoms with Crippen LogP contribution in [0.4, 0.5) is 22.7 Å². The Morgan fingerprint density at radius 1 is 0.484 bits per heavy atom. The van der Waals surface area contributed by atoms with E-state index in [1.807, 2.05) is 0 Å². The Balaban J connectivity index is 0.00000331. The number of nitrogen functional groups attached to an aromatic ring is 2. The summed E-state index contributed by atoms with van der Waals surface area (Å²) in [6.45, 7) is 3.41. The van der Waals surface area contributed by atoms with Crippen molar-refractivity contribution in [3.05, 3.63) is 94.1 Å². The van der Waals surface area contributed by atoms with Crippen molar-refractivity contribution in [3.8, 4) is 11.1 Å². The average molecular weight is 961 g/mol. The zero-order valence-corrected chi connectivity index (χ0v) is 44.6. The van der Waals surface area contributed by atoms with E-state index >= 15 is 0 Å². The quantitative estimate of drug-likeness (QED) is 0.0524. The van der Waals surface area contributed by atoms with E-state index < -0.39 is 105 Å². The summed E-state index contributed by atoms with van der Waals surface area (Å²) >= 11 is 0. The number of fused-ring (bicyclic) bond motifs is 2. The first-order valence-corrected chi connectivity index (χ1v) is 21.5. The number of hydrogen-bond donors (Lipinski definition) is 4. The molecule has 6 N–H and O–H groups in total. The van der Waals surface area contributed by atoms with Gasteiger partial charge in [0.15, 0.2) is 0 Å². The van der Waals surface area contributed by atoms with Gasteiger partial charge in [-0.15, -0.1) is 0 Å². The fourth-order valence-electron chi connectivity index (χ4n) is 6.07. The third kappa shape index (κ3) is 11.5. The number of nitrogens with two attached hydrogens (primary N) is 2. The van der Waals surface area contributed by atoms with Gasteiger partial charge < -0.3 is 29.7 Å². The Bertz CT molecular complexity index is 2950. The van der Waals surface area contributed by atoms with Crippen molar-refractivity contribution in [3.63, 3.8) is 0 Å². The van der Waals surface area contributed by atoms with Gasteiger partial charge in [0, 0.05) is 11.1 Å². The molecule has 0 unspecified atom stereocenters. The second-order valence-corrected chi connectivity index (χ2v) is 18.0. The number of allylic oxidation sites excluding steroid dienone is 2. The van der Waals surface area contributed by atoms with Crippen molar-refractivity contribution in [1.29, 1.82) is 0 Å². The van der Waals surface area contributed by atoms with Crippen LogP contribution in [0.3, 0.4) is 0 Å². The van der Waals surface area contributed by atoms with Crippen LogP contribution in [0.5, 0.6) is 0 Å². The van der Waals surface area contributed by atoms with Gasteiger partial charge in [-0.25, -0.2) is 33.7 Å². The van der Waals surface area contributed by atoms with Crippen LogP contribution in [0, 0.1) is 13.8 Å². The number of benzene rings is 4. The van der Waals surface area contributed by atoms with E-state index in [4.69, 9.17) is 11.5 Å². The smallest absolute Gasteiger partial charge is 0.744 e. The topological polar surface area (TPSA) is 364 Å². The van der Waals surface area contributed by atoms with Crippen LogP contribution in [-0.4, -0.2) is 74.9 Å².